The van der Waals surface area contributed by atoms with Crippen LogP contribution in [0.25, 0.3) is 0 Å². The van der Waals surface area contributed by atoms with Crippen molar-refractivity contribution in [2.75, 3.05) is 52.4 Å². The third kappa shape index (κ3) is 5.15. The number of carbonyl (C=O) groups is 1. The SMILES string of the molecule is CCNC(=O)CN1CCCN(S(=O)(=O)N2CC(C)CC(C)C2)CC1. The number of amides is 1. The van der Waals surface area contributed by atoms with Crippen LogP contribution in [0.4, 0.5) is 0 Å². The molecular formula is C16H32N4O3S. The Labute approximate surface area is 146 Å². The summed E-state index contributed by atoms with van der Waals surface area (Å²) in [5, 5.41) is 2.80. The smallest absolute Gasteiger partial charge is 0.282 e. The van der Waals surface area contributed by atoms with Crippen LogP contribution in [0.3, 0.4) is 0 Å². The summed E-state index contributed by atoms with van der Waals surface area (Å²) < 4.78 is 29.2. The summed E-state index contributed by atoms with van der Waals surface area (Å²) in [5.41, 5.74) is 0. The minimum atomic E-state index is -3.40. The lowest BCUT2D eigenvalue weighted by Crippen LogP contribution is -2.50. The van der Waals surface area contributed by atoms with Crippen LogP contribution in [-0.4, -0.2) is 80.2 Å². The first kappa shape index (κ1) is 19.6. The van der Waals surface area contributed by atoms with Gasteiger partial charge in [0.1, 0.15) is 0 Å². The maximum Gasteiger partial charge on any atom is 0.282 e. The predicted octanol–water partition coefficient (Wildman–Crippen LogP) is 0.353. The van der Waals surface area contributed by atoms with E-state index in [1.165, 1.54) is 0 Å². The topological polar surface area (TPSA) is 73.0 Å². The van der Waals surface area contributed by atoms with Gasteiger partial charge >= 0.3 is 0 Å². The first-order valence-corrected chi connectivity index (χ1v) is 10.5. The Morgan fingerprint density at radius 2 is 1.71 bits per heavy atom. The van der Waals surface area contributed by atoms with E-state index < -0.39 is 10.2 Å². The van der Waals surface area contributed by atoms with Crippen molar-refractivity contribution in [1.82, 2.24) is 18.8 Å². The average molecular weight is 361 g/mol. The average Bonchev–Trinajstić information content (AvgIpc) is 2.72. The quantitative estimate of drug-likeness (QED) is 0.768. The summed E-state index contributed by atoms with van der Waals surface area (Å²) in [5.74, 6) is 0.821. The van der Waals surface area contributed by atoms with Crippen molar-refractivity contribution < 1.29 is 13.2 Å². The van der Waals surface area contributed by atoms with Crippen LogP contribution in [0, 0.1) is 11.8 Å². The number of rotatable bonds is 5. The summed E-state index contributed by atoms with van der Waals surface area (Å²) in [4.78, 5) is 13.8. The molecule has 0 aliphatic carbocycles. The van der Waals surface area contributed by atoms with E-state index in [0.29, 0.717) is 57.6 Å². The summed E-state index contributed by atoms with van der Waals surface area (Å²) in [7, 11) is -3.40. The summed E-state index contributed by atoms with van der Waals surface area (Å²) in [6.45, 7) is 10.7. The minimum absolute atomic E-state index is 0.00693. The van der Waals surface area contributed by atoms with Crippen LogP contribution in [-0.2, 0) is 15.0 Å². The van der Waals surface area contributed by atoms with Gasteiger partial charge in [0.2, 0.25) is 5.91 Å². The van der Waals surface area contributed by atoms with Gasteiger partial charge in [-0.1, -0.05) is 13.8 Å². The molecule has 2 aliphatic rings. The molecule has 1 amide bonds. The van der Waals surface area contributed by atoms with Crippen molar-refractivity contribution in [1.29, 1.82) is 0 Å². The van der Waals surface area contributed by atoms with Crippen LogP contribution < -0.4 is 5.32 Å². The third-order valence-corrected chi connectivity index (χ3v) is 6.75. The zero-order valence-corrected chi connectivity index (χ0v) is 16.0. The Bertz CT molecular complexity index is 515. The number of hydrogen-bond donors (Lipinski definition) is 1. The Kier molecular flexibility index (Phi) is 7.03. The van der Waals surface area contributed by atoms with Gasteiger partial charge in [-0.2, -0.15) is 17.0 Å². The second kappa shape index (κ2) is 8.60. The summed E-state index contributed by atoms with van der Waals surface area (Å²) >= 11 is 0. The zero-order chi connectivity index (χ0) is 17.7. The van der Waals surface area contributed by atoms with Gasteiger partial charge in [0.25, 0.3) is 10.2 Å². The number of hydrogen-bond acceptors (Lipinski definition) is 4. The normalized spacial score (nSPS) is 28.5. The first-order valence-electron chi connectivity index (χ1n) is 9.07. The van der Waals surface area contributed by atoms with E-state index in [1.807, 2.05) is 11.8 Å². The molecule has 0 spiro atoms. The first-order chi connectivity index (χ1) is 11.3. The molecule has 2 unspecified atom stereocenters. The molecule has 0 radical (unpaired) electrons. The molecule has 0 bridgehead atoms. The molecule has 0 saturated carbocycles. The maximum atomic E-state index is 13.0. The Balaban J connectivity index is 1.95. The molecule has 140 valence electrons. The van der Waals surface area contributed by atoms with Gasteiger partial charge < -0.3 is 5.32 Å². The van der Waals surface area contributed by atoms with Crippen molar-refractivity contribution in [2.45, 2.75) is 33.6 Å². The molecule has 2 heterocycles. The maximum absolute atomic E-state index is 13.0. The van der Waals surface area contributed by atoms with Crippen molar-refractivity contribution in [3.63, 3.8) is 0 Å². The fraction of sp³-hybridized carbons (Fsp3) is 0.938. The fourth-order valence-corrected chi connectivity index (χ4v) is 5.63. The third-order valence-electron chi connectivity index (χ3n) is 4.78. The highest BCUT2D eigenvalue weighted by atomic mass is 32.2. The highest BCUT2D eigenvalue weighted by Gasteiger charge is 2.35. The number of carbonyl (C=O) groups excluding carboxylic acids is 1. The molecule has 2 rings (SSSR count). The second-order valence-corrected chi connectivity index (χ2v) is 9.18. The molecule has 0 aromatic carbocycles. The van der Waals surface area contributed by atoms with E-state index >= 15 is 0 Å². The summed E-state index contributed by atoms with van der Waals surface area (Å²) in [6.07, 6.45) is 1.85. The van der Waals surface area contributed by atoms with Crippen molar-refractivity contribution in [3.05, 3.63) is 0 Å². The van der Waals surface area contributed by atoms with Gasteiger partial charge in [0.15, 0.2) is 0 Å². The Morgan fingerprint density at radius 1 is 1.04 bits per heavy atom. The van der Waals surface area contributed by atoms with E-state index in [-0.39, 0.29) is 5.91 Å². The van der Waals surface area contributed by atoms with Gasteiger partial charge in [0, 0.05) is 39.3 Å². The monoisotopic (exact) mass is 360 g/mol. The molecule has 2 aliphatic heterocycles. The number of piperidine rings is 1. The van der Waals surface area contributed by atoms with E-state index in [4.69, 9.17) is 0 Å². The predicted molar refractivity (Wildman–Crippen MR) is 94.8 cm³/mol. The largest absolute Gasteiger partial charge is 0.355 e. The second-order valence-electron chi connectivity index (χ2n) is 7.25. The molecule has 1 N–H and O–H groups in total. The molecule has 8 heteroatoms. The number of nitrogens with one attached hydrogen (secondary N) is 1. The zero-order valence-electron chi connectivity index (χ0n) is 15.2. The van der Waals surface area contributed by atoms with E-state index in [2.05, 4.69) is 19.2 Å². The van der Waals surface area contributed by atoms with Gasteiger partial charge in [-0.25, -0.2) is 0 Å². The van der Waals surface area contributed by atoms with Crippen molar-refractivity contribution >= 4 is 16.1 Å². The standard InChI is InChI=1S/C16H32N4O3S/c1-4-17-16(21)13-18-6-5-7-19(9-8-18)24(22,23)20-11-14(2)10-15(3)12-20/h14-15H,4-13H2,1-3H3,(H,17,21). The van der Waals surface area contributed by atoms with Crippen LogP contribution in [0.2, 0.25) is 0 Å². The minimum Gasteiger partial charge on any atom is -0.355 e. The van der Waals surface area contributed by atoms with Crippen LogP contribution in [0.5, 0.6) is 0 Å². The lowest BCUT2D eigenvalue weighted by Gasteiger charge is -2.37. The molecule has 2 fully saturated rings. The Morgan fingerprint density at radius 3 is 2.33 bits per heavy atom. The van der Waals surface area contributed by atoms with Crippen LogP contribution in [0.15, 0.2) is 0 Å². The fourth-order valence-electron chi connectivity index (χ4n) is 3.75. The van der Waals surface area contributed by atoms with E-state index in [1.54, 1.807) is 8.61 Å². The lowest BCUT2D eigenvalue weighted by atomic mass is 9.94. The molecule has 2 saturated heterocycles. The van der Waals surface area contributed by atoms with Gasteiger partial charge in [-0.05, 0) is 38.1 Å². The molecular weight excluding hydrogens is 328 g/mol. The van der Waals surface area contributed by atoms with Gasteiger partial charge in [-0.3, -0.25) is 9.69 Å². The van der Waals surface area contributed by atoms with Crippen LogP contribution >= 0.6 is 0 Å². The lowest BCUT2D eigenvalue weighted by molar-refractivity contribution is -0.122. The van der Waals surface area contributed by atoms with Crippen molar-refractivity contribution in [2.24, 2.45) is 11.8 Å². The van der Waals surface area contributed by atoms with E-state index in [9.17, 15) is 13.2 Å². The molecule has 0 aromatic heterocycles. The van der Waals surface area contributed by atoms with Gasteiger partial charge in [-0.15, -0.1) is 0 Å². The van der Waals surface area contributed by atoms with E-state index in [0.717, 1.165) is 19.4 Å². The summed E-state index contributed by atoms with van der Waals surface area (Å²) in [6, 6.07) is 0. The molecule has 24 heavy (non-hydrogen) atoms. The number of likely N-dealkylation sites (N-methyl/N-ethyl adjacent to an activating group) is 1. The highest BCUT2D eigenvalue weighted by Crippen LogP contribution is 2.25. The molecule has 0 aromatic rings. The van der Waals surface area contributed by atoms with Crippen molar-refractivity contribution in [3.8, 4) is 0 Å². The molecule has 2 atom stereocenters. The highest BCUT2D eigenvalue weighted by molar-refractivity contribution is 7.86. The van der Waals surface area contributed by atoms with Gasteiger partial charge in [0.05, 0.1) is 6.54 Å². The molecule has 7 nitrogen and oxygen atoms in total. The number of nitrogens with zero attached hydrogens (tertiary/aromatic N) is 3. The van der Waals surface area contributed by atoms with Crippen LogP contribution in [0.1, 0.15) is 33.6 Å². The Hall–Kier alpha value is -0.700.